The standard InChI is InChI=1S/C20H31N3O2/c1-21-14-17-7-9-23(10-8-17)20(24)13-19-16-22(11-12-25-19)15-18-5-3-2-4-6-18/h2-6,17,19,21H,7-16H2,1H3. The molecule has 2 heterocycles. The number of hydrogen-bond acceptors (Lipinski definition) is 4. The Kier molecular flexibility index (Phi) is 6.84. The molecule has 1 aromatic rings. The molecule has 2 fully saturated rings. The van der Waals surface area contributed by atoms with E-state index in [1.165, 1.54) is 5.56 Å². The predicted molar refractivity (Wildman–Crippen MR) is 99.3 cm³/mol. The second-order valence-electron chi connectivity index (χ2n) is 7.30. The second kappa shape index (κ2) is 9.32. The van der Waals surface area contributed by atoms with Crippen LogP contribution >= 0.6 is 0 Å². The van der Waals surface area contributed by atoms with Gasteiger partial charge in [-0.2, -0.15) is 0 Å². The molecule has 3 rings (SSSR count). The van der Waals surface area contributed by atoms with E-state index in [1.807, 2.05) is 18.0 Å². The number of nitrogens with one attached hydrogen (secondary N) is 1. The van der Waals surface area contributed by atoms with Crippen molar-refractivity contribution in [1.29, 1.82) is 0 Å². The number of piperidine rings is 1. The average Bonchev–Trinajstić information content (AvgIpc) is 2.64. The third-order valence-electron chi connectivity index (χ3n) is 5.33. The van der Waals surface area contributed by atoms with Gasteiger partial charge in [0, 0.05) is 32.7 Å². The van der Waals surface area contributed by atoms with Gasteiger partial charge in [-0.25, -0.2) is 0 Å². The molecule has 1 atom stereocenters. The van der Waals surface area contributed by atoms with Crippen molar-refractivity contribution in [2.24, 2.45) is 5.92 Å². The van der Waals surface area contributed by atoms with Crippen LogP contribution in [0, 0.1) is 5.92 Å². The van der Waals surface area contributed by atoms with Crippen LogP contribution in [0.5, 0.6) is 0 Å². The summed E-state index contributed by atoms with van der Waals surface area (Å²) in [7, 11) is 2.00. The summed E-state index contributed by atoms with van der Waals surface area (Å²) in [4.78, 5) is 17.0. The van der Waals surface area contributed by atoms with Gasteiger partial charge in [-0.3, -0.25) is 9.69 Å². The van der Waals surface area contributed by atoms with Gasteiger partial charge < -0.3 is 15.0 Å². The summed E-state index contributed by atoms with van der Waals surface area (Å²) in [5.41, 5.74) is 1.32. The van der Waals surface area contributed by atoms with Gasteiger partial charge in [-0.15, -0.1) is 0 Å². The Hall–Kier alpha value is -1.43. The van der Waals surface area contributed by atoms with Crippen molar-refractivity contribution >= 4 is 5.91 Å². The minimum Gasteiger partial charge on any atom is -0.375 e. The summed E-state index contributed by atoms with van der Waals surface area (Å²) >= 11 is 0. The molecule has 1 amide bonds. The summed E-state index contributed by atoms with van der Waals surface area (Å²) in [5, 5.41) is 3.24. The minimum atomic E-state index is 0.0278. The van der Waals surface area contributed by atoms with Crippen molar-refractivity contribution < 1.29 is 9.53 Å². The van der Waals surface area contributed by atoms with Gasteiger partial charge in [-0.1, -0.05) is 30.3 Å². The Morgan fingerprint density at radius 1 is 1.20 bits per heavy atom. The quantitative estimate of drug-likeness (QED) is 0.853. The van der Waals surface area contributed by atoms with E-state index in [0.717, 1.165) is 58.7 Å². The van der Waals surface area contributed by atoms with E-state index in [2.05, 4.69) is 34.5 Å². The molecule has 0 bridgehead atoms. The molecule has 25 heavy (non-hydrogen) atoms. The summed E-state index contributed by atoms with van der Waals surface area (Å²) in [6.45, 7) is 6.28. The minimum absolute atomic E-state index is 0.0278. The fourth-order valence-electron chi connectivity index (χ4n) is 3.89. The lowest BCUT2D eigenvalue weighted by atomic mass is 9.96. The third kappa shape index (κ3) is 5.53. The number of rotatable bonds is 6. The molecule has 2 saturated heterocycles. The van der Waals surface area contributed by atoms with E-state index < -0.39 is 0 Å². The van der Waals surface area contributed by atoms with Gasteiger partial charge in [0.25, 0.3) is 0 Å². The van der Waals surface area contributed by atoms with Crippen molar-refractivity contribution in [2.75, 3.05) is 46.4 Å². The normalized spacial score (nSPS) is 22.9. The van der Waals surface area contributed by atoms with E-state index in [-0.39, 0.29) is 12.0 Å². The Balaban J connectivity index is 1.43. The first-order valence-electron chi connectivity index (χ1n) is 9.55. The number of amides is 1. The van der Waals surface area contributed by atoms with Crippen LogP contribution in [-0.4, -0.2) is 68.2 Å². The molecule has 0 aliphatic carbocycles. The molecule has 2 aliphatic heterocycles. The number of ether oxygens (including phenoxy) is 1. The van der Waals surface area contributed by atoms with Crippen molar-refractivity contribution in [3.05, 3.63) is 35.9 Å². The summed E-state index contributed by atoms with van der Waals surface area (Å²) in [6, 6.07) is 10.5. The predicted octanol–water partition coefficient (Wildman–Crippen LogP) is 1.74. The molecule has 5 heteroatoms. The van der Waals surface area contributed by atoms with E-state index >= 15 is 0 Å². The first kappa shape index (κ1) is 18.4. The van der Waals surface area contributed by atoms with Crippen LogP contribution in [0.25, 0.3) is 0 Å². The van der Waals surface area contributed by atoms with Crippen LogP contribution in [-0.2, 0) is 16.1 Å². The van der Waals surface area contributed by atoms with Crippen LogP contribution in [0.4, 0.5) is 0 Å². The number of nitrogens with zero attached hydrogens (tertiary/aromatic N) is 2. The maximum Gasteiger partial charge on any atom is 0.225 e. The fraction of sp³-hybridized carbons (Fsp3) is 0.650. The van der Waals surface area contributed by atoms with Crippen molar-refractivity contribution in [3.8, 4) is 0 Å². The van der Waals surface area contributed by atoms with Crippen molar-refractivity contribution in [3.63, 3.8) is 0 Å². The van der Waals surface area contributed by atoms with Crippen molar-refractivity contribution in [2.45, 2.75) is 31.9 Å². The van der Waals surface area contributed by atoms with Gasteiger partial charge in [0.2, 0.25) is 5.91 Å². The summed E-state index contributed by atoms with van der Waals surface area (Å²) in [5.74, 6) is 0.968. The summed E-state index contributed by atoms with van der Waals surface area (Å²) < 4.78 is 5.87. The first-order chi connectivity index (χ1) is 12.2. The molecule has 1 N–H and O–H groups in total. The third-order valence-corrected chi connectivity index (χ3v) is 5.33. The van der Waals surface area contributed by atoms with E-state index in [1.54, 1.807) is 0 Å². The lowest BCUT2D eigenvalue weighted by Gasteiger charge is -2.35. The lowest BCUT2D eigenvalue weighted by molar-refractivity contribution is -0.137. The van der Waals surface area contributed by atoms with Crippen molar-refractivity contribution in [1.82, 2.24) is 15.1 Å². The van der Waals surface area contributed by atoms with Crippen LogP contribution in [0.15, 0.2) is 30.3 Å². The largest absolute Gasteiger partial charge is 0.375 e. The molecule has 0 radical (unpaired) electrons. The van der Waals surface area contributed by atoms with Crippen LogP contribution in [0.3, 0.4) is 0 Å². The summed E-state index contributed by atoms with van der Waals surface area (Å²) in [6.07, 6.45) is 2.76. The van der Waals surface area contributed by atoms with Crippen LogP contribution < -0.4 is 5.32 Å². The Labute approximate surface area is 151 Å². The number of benzene rings is 1. The van der Waals surface area contributed by atoms with E-state index in [9.17, 15) is 4.79 Å². The Morgan fingerprint density at radius 3 is 2.68 bits per heavy atom. The SMILES string of the molecule is CNCC1CCN(C(=O)CC2CN(Cc3ccccc3)CCO2)CC1. The molecular weight excluding hydrogens is 314 g/mol. The molecule has 1 unspecified atom stereocenters. The highest BCUT2D eigenvalue weighted by molar-refractivity contribution is 5.76. The molecular formula is C20H31N3O2. The molecule has 0 aromatic heterocycles. The molecule has 5 nitrogen and oxygen atoms in total. The lowest BCUT2D eigenvalue weighted by Crippen LogP contribution is -2.46. The highest BCUT2D eigenvalue weighted by atomic mass is 16.5. The first-order valence-corrected chi connectivity index (χ1v) is 9.55. The average molecular weight is 345 g/mol. The van der Waals surface area contributed by atoms with Gasteiger partial charge in [0.1, 0.15) is 0 Å². The molecule has 0 saturated carbocycles. The topological polar surface area (TPSA) is 44.8 Å². The Morgan fingerprint density at radius 2 is 1.96 bits per heavy atom. The van der Waals surface area contributed by atoms with E-state index in [4.69, 9.17) is 4.74 Å². The zero-order valence-corrected chi connectivity index (χ0v) is 15.3. The highest BCUT2D eigenvalue weighted by Crippen LogP contribution is 2.19. The van der Waals surface area contributed by atoms with E-state index in [0.29, 0.717) is 12.3 Å². The Bertz CT molecular complexity index is 529. The highest BCUT2D eigenvalue weighted by Gasteiger charge is 2.27. The number of carbonyl (C=O) groups excluding carboxylic acids is 1. The van der Waals surface area contributed by atoms with Crippen LogP contribution in [0.1, 0.15) is 24.8 Å². The fourth-order valence-corrected chi connectivity index (χ4v) is 3.89. The van der Waals surface area contributed by atoms with Gasteiger partial charge in [0.15, 0.2) is 0 Å². The van der Waals surface area contributed by atoms with Gasteiger partial charge in [-0.05, 0) is 37.9 Å². The molecule has 138 valence electrons. The molecule has 0 spiro atoms. The monoisotopic (exact) mass is 345 g/mol. The molecule has 2 aliphatic rings. The maximum atomic E-state index is 12.6. The maximum absolute atomic E-state index is 12.6. The smallest absolute Gasteiger partial charge is 0.225 e. The number of carbonyl (C=O) groups is 1. The molecule has 1 aromatic carbocycles. The van der Waals surface area contributed by atoms with Crippen LogP contribution in [0.2, 0.25) is 0 Å². The number of likely N-dealkylation sites (tertiary alicyclic amines) is 1. The van der Waals surface area contributed by atoms with Gasteiger partial charge >= 0.3 is 0 Å². The zero-order valence-electron chi connectivity index (χ0n) is 15.3. The number of morpholine rings is 1. The number of hydrogen-bond donors (Lipinski definition) is 1. The van der Waals surface area contributed by atoms with Gasteiger partial charge in [0.05, 0.1) is 19.1 Å². The second-order valence-corrected chi connectivity index (χ2v) is 7.30. The zero-order chi connectivity index (χ0) is 17.5.